The molecule has 3 heterocycles. The highest BCUT2D eigenvalue weighted by Gasteiger charge is 2.34. The van der Waals surface area contributed by atoms with Gasteiger partial charge in [-0.25, -0.2) is 4.79 Å². The van der Waals surface area contributed by atoms with Crippen molar-refractivity contribution in [2.24, 2.45) is 4.99 Å². The van der Waals surface area contributed by atoms with Gasteiger partial charge in [-0.2, -0.15) is 0 Å². The Morgan fingerprint density at radius 3 is 2.86 bits per heavy atom. The number of rotatable bonds is 8. The highest BCUT2D eigenvalue weighted by Crippen LogP contribution is 2.36. The molecule has 10 heteroatoms. The van der Waals surface area contributed by atoms with E-state index in [1.54, 1.807) is 25.3 Å². The zero-order valence-corrected chi connectivity index (χ0v) is 22.0. The third kappa shape index (κ3) is 6.24. The minimum absolute atomic E-state index is 0.0803. The molecular weight excluding hydrogens is 482 g/mol. The predicted molar refractivity (Wildman–Crippen MR) is 138 cm³/mol. The molecular formula is C26H33N3O6S. The Morgan fingerprint density at radius 2 is 2.14 bits per heavy atom. The number of hydrogen-bond acceptors (Lipinski definition) is 8. The summed E-state index contributed by atoms with van der Waals surface area (Å²) in [5.74, 6) is 0.0425. The van der Waals surface area contributed by atoms with Gasteiger partial charge in [0.25, 0.3) is 0 Å². The largest absolute Gasteiger partial charge is 0.496 e. The Morgan fingerprint density at radius 1 is 1.33 bits per heavy atom. The van der Waals surface area contributed by atoms with Gasteiger partial charge in [-0.1, -0.05) is 18.2 Å². The molecule has 194 valence electrons. The molecule has 0 saturated carbocycles. The Labute approximate surface area is 215 Å². The predicted octanol–water partition coefficient (Wildman–Crippen LogP) is 4.02. The SMILES string of the molecule is CN=Cc1c(NC(=O)CCc2ccccc2OC)sc2c1CCN(C(=O)OCC1COC(C)(C)O1)C2. The number of carbonyl (C=O) groups excluding carboxylic acids is 2. The van der Waals surface area contributed by atoms with Crippen LogP contribution in [0.5, 0.6) is 5.75 Å². The van der Waals surface area contributed by atoms with Gasteiger partial charge in [0.15, 0.2) is 5.79 Å². The van der Waals surface area contributed by atoms with Gasteiger partial charge in [-0.15, -0.1) is 11.3 Å². The first-order valence-corrected chi connectivity index (χ1v) is 12.8. The molecule has 36 heavy (non-hydrogen) atoms. The number of aliphatic imine (C=N–C) groups is 1. The standard InChI is InChI=1S/C26H33N3O6S/c1-26(2)34-16-18(35-26)15-33-25(31)29-12-11-19-20(13-27-3)24(36-22(19)14-29)28-23(30)10-9-17-7-5-6-8-21(17)32-4/h5-8,13,18H,9-12,14-16H2,1-4H3,(H,28,30). The first-order chi connectivity index (χ1) is 17.3. The lowest BCUT2D eigenvalue weighted by Gasteiger charge is -2.27. The van der Waals surface area contributed by atoms with Gasteiger partial charge in [-0.3, -0.25) is 9.79 Å². The fourth-order valence-corrected chi connectivity index (χ4v) is 5.64. The quantitative estimate of drug-likeness (QED) is 0.533. The zero-order chi connectivity index (χ0) is 25.7. The molecule has 2 aliphatic rings. The van der Waals surface area contributed by atoms with Crippen LogP contribution in [0.2, 0.25) is 0 Å². The summed E-state index contributed by atoms with van der Waals surface area (Å²) in [4.78, 5) is 32.4. The van der Waals surface area contributed by atoms with Gasteiger partial charge in [0.2, 0.25) is 5.91 Å². The van der Waals surface area contributed by atoms with E-state index < -0.39 is 5.79 Å². The number of anilines is 1. The topological polar surface area (TPSA) is 98.7 Å². The monoisotopic (exact) mass is 515 g/mol. The van der Waals surface area contributed by atoms with Gasteiger partial charge in [0.05, 0.1) is 20.3 Å². The Kier molecular flexibility index (Phi) is 8.28. The summed E-state index contributed by atoms with van der Waals surface area (Å²) in [5.41, 5.74) is 3.02. The van der Waals surface area contributed by atoms with Crippen molar-refractivity contribution in [3.8, 4) is 5.75 Å². The molecule has 4 rings (SSSR count). The number of hydrogen-bond donors (Lipinski definition) is 1. The van der Waals surface area contributed by atoms with Crippen LogP contribution in [0.25, 0.3) is 0 Å². The molecule has 2 aromatic rings. The second-order valence-electron chi connectivity index (χ2n) is 9.19. The molecule has 0 bridgehead atoms. The van der Waals surface area contributed by atoms with E-state index in [2.05, 4.69) is 10.3 Å². The summed E-state index contributed by atoms with van der Waals surface area (Å²) in [5, 5.41) is 3.81. The normalized spacial score (nSPS) is 18.8. The van der Waals surface area contributed by atoms with Crippen LogP contribution < -0.4 is 10.1 Å². The fourth-order valence-electron chi connectivity index (χ4n) is 4.39. The van der Waals surface area contributed by atoms with E-state index in [9.17, 15) is 9.59 Å². The maximum Gasteiger partial charge on any atom is 0.410 e. The average Bonchev–Trinajstić information content (AvgIpc) is 3.39. The van der Waals surface area contributed by atoms with Crippen molar-refractivity contribution in [2.45, 2.75) is 51.5 Å². The fraction of sp³-hybridized carbons (Fsp3) is 0.500. The van der Waals surface area contributed by atoms with Gasteiger partial charge in [-0.05, 0) is 43.9 Å². The number of fused-ring (bicyclic) bond motifs is 1. The average molecular weight is 516 g/mol. The number of methoxy groups -OCH3 is 1. The van der Waals surface area contributed by atoms with Crippen LogP contribution in [-0.2, 0) is 38.4 Å². The minimum Gasteiger partial charge on any atom is -0.496 e. The van der Waals surface area contributed by atoms with E-state index in [1.807, 2.05) is 38.1 Å². The number of nitrogens with zero attached hydrogens (tertiary/aromatic N) is 2. The number of benzene rings is 1. The molecule has 1 unspecified atom stereocenters. The Hall–Kier alpha value is -2.95. The van der Waals surface area contributed by atoms with Crippen molar-refractivity contribution in [1.29, 1.82) is 0 Å². The Bertz CT molecular complexity index is 1130. The molecule has 0 spiro atoms. The minimum atomic E-state index is -0.653. The third-order valence-corrected chi connectivity index (χ3v) is 7.29. The first kappa shape index (κ1) is 26.1. The van der Waals surface area contributed by atoms with Gasteiger partial charge < -0.3 is 29.2 Å². The first-order valence-electron chi connectivity index (χ1n) is 12.0. The molecule has 9 nitrogen and oxygen atoms in total. The maximum atomic E-state index is 12.8. The molecule has 2 aliphatic heterocycles. The highest BCUT2D eigenvalue weighted by atomic mass is 32.1. The summed E-state index contributed by atoms with van der Waals surface area (Å²) in [6.45, 7) is 5.18. The van der Waals surface area contributed by atoms with Crippen LogP contribution in [0, 0.1) is 0 Å². The second-order valence-corrected chi connectivity index (χ2v) is 10.3. The lowest BCUT2D eigenvalue weighted by molar-refractivity contribution is -0.143. The third-order valence-electron chi connectivity index (χ3n) is 6.14. The van der Waals surface area contributed by atoms with Crippen molar-refractivity contribution in [2.75, 3.05) is 39.2 Å². The number of para-hydroxylation sites is 1. The summed E-state index contributed by atoms with van der Waals surface area (Å²) >= 11 is 1.48. The Balaban J connectivity index is 1.37. The maximum absolute atomic E-state index is 12.8. The van der Waals surface area contributed by atoms with Crippen molar-refractivity contribution >= 4 is 34.6 Å². The van der Waals surface area contributed by atoms with Crippen LogP contribution in [0.3, 0.4) is 0 Å². The van der Waals surface area contributed by atoms with Crippen LogP contribution in [0.1, 0.15) is 41.8 Å². The van der Waals surface area contributed by atoms with Crippen LogP contribution in [0.15, 0.2) is 29.3 Å². The summed E-state index contributed by atoms with van der Waals surface area (Å²) in [6, 6.07) is 7.70. The van der Waals surface area contributed by atoms with E-state index in [0.29, 0.717) is 39.0 Å². The number of nitrogens with one attached hydrogen (secondary N) is 1. The molecule has 2 amide bonds. The van der Waals surface area contributed by atoms with E-state index >= 15 is 0 Å². The number of ether oxygens (including phenoxy) is 4. The van der Waals surface area contributed by atoms with Crippen LogP contribution in [-0.4, -0.2) is 68.9 Å². The van der Waals surface area contributed by atoms with Crippen molar-refractivity contribution < 1.29 is 28.5 Å². The van der Waals surface area contributed by atoms with Crippen molar-refractivity contribution in [3.63, 3.8) is 0 Å². The van der Waals surface area contributed by atoms with Crippen molar-refractivity contribution in [3.05, 3.63) is 45.8 Å². The number of amides is 2. The lowest BCUT2D eigenvalue weighted by atomic mass is 10.0. The van der Waals surface area contributed by atoms with Gasteiger partial charge in [0, 0.05) is 36.7 Å². The summed E-state index contributed by atoms with van der Waals surface area (Å²) < 4.78 is 22.1. The summed E-state index contributed by atoms with van der Waals surface area (Å²) in [7, 11) is 3.34. The van der Waals surface area contributed by atoms with Crippen LogP contribution in [0.4, 0.5) is 9.80 Å². The molecule has 1 aromatic carbocycles. The molecule has 1 fully saturated rings. The zero-order valence-electron chi connectivity index (χ0n) is 21.2. The molecule has 1 aromatic heterocycles. The number of thiophene rings is 1. The van der Waals surface area contributed by atoms with E-state index in [-0.39, 0.29) is 24.7 Å². The molecule has 0 aliphatic carbocycles. The molecule has 1 atom stereocenters. The molecule has 1 saturated heterocycles. The number of carbonyl (C=O) groups is 2. The van der Waals surface area contributed by atoms with Gasteiger partial charge in [0.1, 0.15) is 23.5 Å². The van der Waals surface area contributed by atoms with E-state index in [1.165, 1.54) is 11.3 Å². The van der Waals surface area contributed by atoms with E-state index in [4.69, 9.17) is 18.9 Å². The van der Waals surface area contributed by atoms with E-state index in [0.717, 1.165) is 32.3 Å². The second kappa shape index (κ2) is 11.4. The lowest BCUT2D eigenvalue weighted by Crippen LogP contribution is -2.37. The smallest absolute Gasteiger partial charge is 0.410 e. The molecule has 0 radical (unpaired) electrons. The molecule has 1 N–H and O–H groups in total. The summed E-state index contributed by atoms with van der Waals surface area (Å²) in [6.07, 6.45) is 2.69. The number of aryl methyl sites for hydroxylation is 1. The van der Waals surface area contributed by atoms with Crippen LogP contribution >= 0.6 is 11.3 Å². The van der Waals surface area contributed by atoms with Gasteiger partial charge >= 0.3 is 6.09 Å². The highest BCUT2D eigenvalue weighted by molar-refractivity contribution is 7.16. The van der Waals surface area contributed by atoms with Crippen molar-refractivity contribution in [1.82, 2.24) is 4.90 Å².